The molecule has 1 saturated carbocycles. The highest BCUT2D eigenvalue weighted by Crippen LogP contribution is 2.33. The number of benzene rings is 2. The van der Waals surface area contributed by atoms with Crippen LogP contribution in [0.15, 0.2) is 52.1 Å². The SMILES string of the molecule is N/N=C(\NN)c1ccc2noc(-c3cccc(OC4CCN(C(=O)C5CCCC5)CC4)c3)c2c1. The van der Waals surface area contributed by atoms with Gasteiger partial charge in [-0.15, -0.1) is 0 Å². The fourth-order valence-electron chi connectivity index (χ4n) is 5.02. The summed E-state index contributed by atoms with van der Waals surface area (Å²) in [6.07, 6.45) is 6.21. The highest BCUT2D eigenvalue weighted by Gasteiger charge is 2.30. The Balaban J connectivity index is 1.28. The molecule has 9 nitrogen and oxygen atoms in total. The van der Waals surface area contributed by atoms with Crippen molar-refractivity contribution in [3.63, 3.8) is 0 Å². The molecule has 178 valence electrons. The molecule has 1 aliphatic heterocycles. The summed E-state index contributed by atoms with van der Waals surface area (Å²) in [5.41, 5.74) is 4.80. The number of fused-ring (bicyclic) bond motifs is 1. The molecule has 2 heterocycles. The lowest BCUT2D eigenvalue weighted by molar-refractivity contribution is -0.137. The van der Waals surface area contributed by atoms with E-state index >= 15 is 0 Å². The molecular formula is C25H30N6O3. The highest BCUT2D eigenvalue weighted by atomic mass is 16.5. The van der Waals surface area contributed by atoms with E-state index in [-0.39, 0.29) is 12.0 Å². The molecule has 34 heavy (non-hydrogen) atoms. The van der Waals surface area contributed by atoms with Crippen molar-refractivity contribution >= 4 is 22.6 Å². The zero-order chi connectivity index (χ0) is 23.5. The topological polar surface area (TPSA) is 132 Å². The van der Waals surface area contributed by atoms with E-state index < -0.39 is 0 Å². The lowest BCUT2D eigenvalue weighted by Gasteiger charge is -2.33. The third kappa shape index (κ3) is 4.43. The van der Waals surface area contributed by atoms with E-state index in [1.807, 2.05) is 47.4 Å². The molecule has 0 radical (unpaired) electrons. The number of piperidine rings is 1. The van der Waals surface area contributed by atoms with Gasteiger partial charge in [-0.05, 0) is 43.2 Å². The van der Waals surface area contributed by atoms with Crippen molar-refractivity contribution in [1.29, 1.82) is 0 Å². The van der Waals surface area contributed by atoms with Gasteiger partial charge in [0, 0.05) is 43.0 Å². The molecule has 2 fully saturated rings. The lowest BCUT2D eigenvalue weighted by Crippen LogP contribution is -2.43. The summed E-state index contributed by atoms with van der Waals surface area (Å²) in [6, 6.07) is 13.3. The Hall–Kier alpha value is -3.59. The number of hydrogen-bond donors (Lipinski definition) is 3. The van der Waals surface area contributed by atoms with Gasteiger partial charge >= 0.3 is 0 Å². The molecule has 0 unspecified atom stereocenters. The molecule has 2 aliphatic rings. The first-order valence-corrected chi connectivity index (χ1v) is 11.9. The minimum absolute atomic E-state index is 0.0832. The van der Waals surface area contributed by atoms with Gasteiger partial charge in [-0.25, -0.2) is 5.84 Å². The Morgan fingerprint density at radius 1 is 1.12 bits per heavy atom. The van der Waals surface area contributed by atoms with Crippen molar-refractivity contribution in [1.82, 2.24) is 15.5 Å². The van der Waals surface area contributed by atoms with Gasteiger partial charge in [0.25, 0.3) is 0 Å². The van der Waals surface area contributed by atoms with E-state index in [1.165, 1.54) is 12.8 Å². The van der Waals surface area contributed by atoms with Crippen LogP contribution in [0.1, 0.15) is 44.1 Å². The summed E-state index contributed by atoms with van der Waals surface area (Å²) in [6.45, 7) is 1.52. The zero-order valence-corrected chi connectivity index (χ0v) is 19.1. The van der Waals surface area contributed by atoms with Crippen LogP contribution in [0.25, 0.3) is 22.2 Å². The maximum Gasteiger partial charge on any atom is 0.225 e. The highest BCUT2D eigenvalue weighted by molar-refractivity contribution is 6.03. The largest absolute Gasteiger partial charge is 0.490 e. The third-order valence-corrected chi connectivity index (χ3v) is 6.87. The summed E-state index contributed by atoms with van der Waals surface area (Å²) < 4.78 is 12.0. The number of amides is 1. The first-order chi connectivity index (χ1) is 16.7. The van der Waals surface area contributed by atoms with Gasteiger partial charge in [0.1, 0.15) is 17.4 Å². The number of nitrogens with two attached hydrogens (primary N) is 2. The van der Waals surface area contributed by atoms with Gasteiger partial charge in [-0.2, -0.15) is 5.10 Å². The maximum absolute atomic E-state index is 12.7. The molecule has 1 amide bonds. The fraction of sp³-hybridized carbons (Fsp3) is 0.400. The number of hydrazine groups is 1. The number of likely N-dealkylation sites (tertiary alicyclic amines) is 1. The minimum atomic E-state index is 0.0832. The van der Waals surface area contributed by atoms with Gasteiger partial charge in [0.05, 0.1) is 5.39 Å². The van der Waals surface area contributed by atoms with Crippen molar-refractivity contribution in [3.8, 4) is 17.1 Å². The normalized spacial score (nSPS) is 17.9. The maximum atomic E-state index is 12.7. The molecule has 0 spiro atoms. The van der Waals surface area contributed by atoms with Crippen LogP contribution in [-0.4, -0.2) is 41.0 Å². The number of ether oxygens (including phenoxy) is 1. The number of aromatic nitrogens is 1. The Morgan fingerprint density at radius 2 is 1.91 bits per heavy atom. The average molecular weight is 463 g/mol. The van der Waals surface area contributed by atoms with Gasteiger partial charge in [-0.1, -0.05) is 30.1 Å². The summed E-state index contributed by atoms with van der Waals surface area (Å²) in [4.78, 5) is 14.7. The van der Waals surface area contributed by atoms with Crippen LogP contribution in [0.4, 0.5) is 0 Å². The molecule has 0 atom stereocenters. The molecule has 5 rings (SSSR count). The van der Waals surface area contributed by atoms with Crippen LogP contribution in [0.3, 0.4) is 0 Å². The van der Waals surface area contributed by atoms with Crippen LogP contribution in [0.5, 0.6) is 5.75 Å². The van der Waals surface area contributed by atoms with Crippen LogP contribution in [-0.2, 0) is 4.79 Å². The Morgan fingerprint density at radius 3 is 2.65 bits per heavy atom. The standard InChI is InChI=1S/C25H30N6O3/c26-28-24(29-27)18-8-9-22-21(15-18)23(34-30-22)17-6-3-7-20(14-17)33-19-10-12-31(13-11-19)25(32)16-4-1-2-5-16/h3,6-9,14-16,19H,1-2,4-5,10-13,26-27H2,(H,28,29). The van der Waals surface area contributed by atoms with Gasteiger partial charge < -0.3 is 25.4 Å². The van der Waals surface area contributed by atoms with E-state index in [2.05, 4.69) is 15.7 Å². The predicted octanol–water partition coefficient (Wildman–Crippen LogP) is 3.14. The molecule has 2 aromatic carbocycles. The fourth-order valence-corrected chi connectivity index (χ4v) is 5.02. The number of carbonyl (C=O) groups is 1. The second kappa shape index (κ2) is 9.72. The van der Waals surface area contributed by atoms with Crippen LogP contribution in [0.2, 0.25) is 0 Å². The molecule has 5 N–H and O–H groups in total. The average Bonchev–Trinajstić information content (AvgIpc) is 3.55. The van der Waals surface area contributed by atoms with Crippen molar-refractivity contribution in [3.05, 3.63) is 48.0 Å². The third-order valence-electron chi connectivity index (χ3n) is 6.87. The van der Waals surface area contributed by atoms with Crippen molar-refractivity contribution in [2.45, 2.75) is 44.6 Å². The number of hydrogen-bond acceptors (Lipinski definition) is 7. The second-order valence-corrected chi connectivity index (χ2v) is 9.02. The van der Waals surface area contributed by atoms with Gasteiger partial charge in [0.15, 0.2) is 11.6 Å². The number of carbonyl (C=O) groups excluding carboxylic acids is 1. The smallest absolute Gasteiger partial charge is 0.225 e. The van der Waals surface area contributed by atoms with Gasteiger partial charge in [-0.3, -0.25) is 4.79 Å². The quantitative estimate of drug-likeness (QED) is 0.230. The first kappa shape index (κ1) is 22.2. The Kier molecular flexibility index (Phi) is 6.35. The van der Waals surface area contributed by atoms with E-state index in [0.29, 0.717) is 17.5 Å². The van der Waals surface area contributed by atoms with E-state index in [0.717, 1.165) is 66.6 Å². The van der Waals surface area contributed by atoms with Crippen LogP contribution >= 0.6 is 0 Å². The summed E-state index contributed by atoms with van der Waals surface area (Å²) in [5.74, 6) is 13.3. The van der Waals surface area contributed by atoms with Gasteiger partial charge in [0.2, 0.25) is 5.91 Å². The summed E-state index contributed by atoms with van der Waals surface area (Å²) in [5, 5.41) is 8.67. The second-order valence-electron chi connectivity index (χ2n) is 9.02. The number of rotatable bonds is 5. The van der Waals surface area contributed by atoms with E-state index in [4.69, 9.17) is 20.9 Å². The lowest BCUT2D eigenvalue weighted by atomic mass is 10.0. The van der Waals surface area contributed by atoms with Crippen molar-refractivity contribution in [2.24, 2.45) is 22.7 Å². The monoisotopic (exact) mass is 462 g/mol. The molecule has 1 aliphatic carbocycles. The summed E-state index contributed by atoms with van der Waals surface area (Å²) >= 11 is 0. The van der Waals surface area contributed by atoms with E-state index in [1.54, 1.807) is 0 Å². The summed E-state index contributed by atoms with van der Waals surface area (Å²) in [7, 11) is 0. The Labute approximate surface area is 198 Å². The van der Waals surface area contributed by atoms with Crippen molar-refractivity contribution in [2.75, 3.05) is 13.1 Å². The number of nitrogens with one attached hydrogen (secondary N) is 1. The number of amidine groups is 1. The Bertz CT molecular complexity index is 1190. The molecular weight excluding hydrogens is 432 g/mol. The zero-order valence-electron chi connectivity index (χ0n) is 19.1. The molecule has 9 heteroatoms. The molecule has 1 saturated heterocycles. The molecule has 0 bridgehead atoms. The van der Waals surface area contributed by atoms with Crippen LogP contribution in [0, 0.1) is 5.92 Å². The first-order valence-electron chi connectivity index (χ1n) is 11.9. The minimum Gasteiger partial charge on any atom is -0.490 e. The number of nitrogens with zero attached hydrogens (tertiary/aromatic N) is 3. The predicted molar refractivity (Wildman–Crippen MR) is 130 cm³/mol. The number of hydrazone groups is 1. The van der Waals surface area contributed by atoms with Crippen LogP contribution < -0.4 is 21.8 Å². The van der Waals surface area contributed by atoms with Crippen molar-refractivity contribution < 1.29 is 14.1 Å². The van der Waals surface area contributed by atoms with E-state index in [9.17, 15) is 4.79 Å². The molecule has 1 aromatic heterocycles. The molecule has 3 aromatic rings.